The molecule has 1 fully saturated rings. The van der Waals surface area contributed by atoms with Crippen LogP contribution in [-0.4, -0.2) is 10.7 Å². The first-order chi connectivity index (χ1) is 8.68. The van der Waals surface area contributed by atoms with Gasteiger partial charge in [0, 0.05) is 0 Å². The van der Waals surface area contributed by atoms with Crippen molar-refractivity contribution in [1.82, 2.24) is 0 Å². The topological polar surface area (TPSA) is 20.2 Å². The highest BCUT2D eigenvalue weighted by molar-refractivity contribution is 5.14. The van der Waals surface area contributed by atoms with Gasteiger partial charge in [0.05, 0.1) is 5.60 Å². The molecule has 1 aliphatic carbocycles. The fourth-order valence-corrected chi connectivity index (χ4v) is 3.22. The standard InChI is InChI=1S/C17H26O/c1-17(18,16-12-6-3-7-13-16)14-8-11-15-9-4-2-5-10-15/h2,4-5,9-10,16,18H,3,6-8,11-14H2,1H3. The maximum absolute atomic E-state index is 10.6. The van der Waals surface area contributed by atoms with Crippen LogP contribution < -0.4 is 0 Å². The quantitative estimate of drug-likeness (QED) is 0.819. The third-order valence-electron chi connectivity index (χ3n) is 4.48. The van der Waals surface area contributed by atoms with Gasteiger partial charge < -0.3 is 5.11 Å². The Bertz CT molecular complexity index is 336. The molecular formula is C17H26O. The van der Waals surface area contributed by atoms with E-state index < -0.39 is 5.60 Å². The second kappa shape index (κ2) is 6.38. The minimum Gasteiger partial charge on any atom is -0.390 e. The molecule has 0 spiro atoms. The molecule has 1 aliphatic rings. The van der Waals surface area contributed by atoms with Crippen LogP contribution >= 0.6 is 0 Å². The average molecular weight is 246 g/mol. The fraction of sp³-hybridized carbons (Fsp3) is 0.647. The summed E-state index contributed by atoms with van der Waals surface area (Å²) >= 11 is 0. The SMILES string of the molecule is CC(O)(CCCc1ccccc1)C1CCCCC1. The first-order valence-corrected chi connectivity index (χ1v) is 7.45. The highest BCUT2D eigenvalue weighted by Gasteiger charge is 2.31. The Morgan fingerprint density at radius 3 is 2.44 bits per heavy atom. The molecule has 2 rings (SSSR count). The van der Waals surface area contributed by atoms with Crippen LogP contribution in [0.5, 0.6) is 0 Å². The largest absolute Gasteiger partial charge is 0.390 e. The van der Waals surface area contributed by atoms with Gasteiger partial charge in [0.25, 0.3) is 0 Å². The van der Waals surface area contributed by atoms with Gasteiger partial charge in [0.15, 0.2) is 0 Å². The summed E-state index contributed by atoms with van der Waals surface area (Å²) in [4.78, 5) is 0. The fourth-order valence-electron chi connectivity index (χ4n) is 3.22. The van der Waals surface area contributed by atoms with Crippen LogP contribution in [0.1, 0.15) is 57.4 Å². The number of hydrogen-bond acceptors (Lipinski definition) is 1. The third-order valence-corrected chi connectivity index (χ3v) is 4.48. The molecule has 1 atom stereocenters. The molecule has 0 radical (unpaired) electrons. The zero-order valence-corrected chi connectivity index (χ0v) is 11.6. The zero-order valence-electron chi connectivity index (χ0n) is 11.6. The molecule has 1 nitrogen and oxygen atoms in total. The lowest BCUT2D eigenvalue weighted by molar-refractivity contribution is -0.0248. The normalized spacial score (nSPS) is 20.6. The highest BCUT2D eigenvalue weighted by Crippen LogP contribution is 2.35. The lowest BCUT2D eigenvalue weighted by Crippen LogP contribution is -2.35. The molecule has 0 amide bonds. The molecule has 0 heterocycles. The van der Waals surface area contributed by atoms with E-state index in [9.17, 15) is 5.11 Å². The van der Waals surface area contributed by atoms with Crippen molar-refractivity contribution in [3.05, 3.63) is 35.9 Å². The number of aryl methyl sites for hydroxylation is 1. The van der Waals surface area contributed by atoms with E-state index in [1.807, 2.05) is 6.92 Å². The third kappa shape index (κ3) is 3.84. The van der Waals surface area contributed by atoms with Crippen LogP contribution in [0.25, 0.3) is 0 Å². The maximum Gasteiger partial charge on any atom is 0.0647 e. The van der Waals surface area contributed by atoms with Crippen molar-refractivity contribution < 1.29 is 5.11 Å². The molecular weight excluding hydrogens is 220 g/mol. The molecule has 1 saturated carbocycles. The van der Waals surface area contributed by atoms with Crippen molar-refractivity contribution in [3.8, 4) is 0 Å². The van der Waals surface area contributed by atoms with Crippen LogP contribution in [0, 0.1) is 5.92 Å². The Morgan fingerprint density at radius 2 is 1.78 bits per heavy atom. The van der Waals surface area contributed by atoms with E-state index in [2.05, 4.69) is 30.3 Å². The van der Waals surface area contributed by atoms with Crippen molar-refractivity contribution in [2.75, 3.05) is 0 Å². The predicted octanol–water partition coefficient (Wildman–Crippen LogP) is 4.34. The molecule has 1 heteroatoms. The van der Waals surface area contributed by atoms with Crippen LogP contribution in [0.3, 0.4) is 0 Å². The van der Waals surface area contributed by atoms with E-state index in [-0.39, 0.29) is 0 Å². The van der Waals surface area contributed by atoms with E-state index >= 15 is 0 Å². The Morgan fingerprint density at radius 1 is 1.11 bits per heavy atom. The molecule has 18 heavy (non-hydrogen) atoms. The van der Waals surface area contributed by atoms with Crippen LogP contribution in [0.15, 0.2) is 30.3 Å². The van der Waals surface area contributed by atoms with Crippen LogP contribution in [-0.2, 0) is 6.42 Å². The predicted molar refractivity (Wildman–Crippen MR) is 76.6 cm³/mol. The molecule has 1 aromatic rings. The summed E-state index contributed by atoms with van der Waals surface area (Å²) in [5.74, 6) is 0.530. The molecule has 1 N–H and O–H groups in total. The molecule has 0 saturated heterocycles. The van der Waals surface area contributed by atoms with E-state index in [4.69, 9.17) is 0 Å². The molecule has 0 bridgehead atoms. The molecule has 0 aromatic heterocycles. The summed E-state index contributed by atoms with van der Waals surface area (Å²) in [5.41, 5.74) is 0.937. The molecule has 0 aliphatic heterocycles. The minimum atomic E-state index is -0.449. The van der Waals surface area contributed by atoms with Gasteiger partial charge in [0.2, 0.25) is 0 Å². The monoisotopic (exact) mass is 246 g/mol. The van der Waals surface area contributed by atoms with Crippen molar-refractivity contribution in [3.63, 3.8) is 0 Å². The summed E-state index contributed by atoms with van der Waals surface area (Å²) in [6, 6.07) is 10.6. The number of benzene rings is 1. The Hall–Kier alpha value is -0.820. The van der Waals surface area contributed by atoms with Crippen molar-refractivity contribution >= 4 is 0 Å². The number of rotatable bonds is 5. The number of hydrogen-bond donors (Lipinski definition) is 1. The minimum absolute atomic E-state index is 0.449. The summed E-state index contributed by atoms with van der Waals surface area (Å²) in [7, 11) is 0. The smallest absolute Gasteiger partial charge is 0.0647 e. The van der Waals surface area contributed by atoms with Gasteiger partial charge in [-0.1, -0.05) is 49.6 Å². The number of aliphatic hydroxyl groups is 1. The van der Waals surface area contributed by atoms with E-state index in [1.54, 1.807) is 0 Å². The van der Waals surface area contributed by atoms with Crippen LogP contribution in [0.2, 0.25) is 0 Å². The molecule has 1 aromatic carbocycles. The van der Waals surface area contributed by atoms with Gasteiger partial charge in [-0.05, 0) is 50.5 Å². The van der Waals surface area contributed by atoms with Crippen LogP contribution in [0.4, 0.5) is 0 Å². The summed E-state index contributed by atoms with van der Waals surface area (Å²) in [6.45, 7) is 2.05. The molecule has 100 valence electrons. The first kappa shape index (κ1) is 13.6. The first-order valence-electron chi connectivity index (χ1n) is 7.45. The van der Waals surface area contributed by atoms with Gasteiger partial charge in [0.1, 0.15) is 0 Å². The summed E-state index contributed by atoms with van der Waals surface area (Å²) in [5, 5.41) is 10.6. The summed E-state index contributed by atoms with van der Waals surface area (Å²) in [6.07, 6.45) is 9.52. The second-order valence-corrected chi connectivity index (χ2v) is 6.03. The second-order valence-electron chi connectivity index (χ2n) is 6.03. The lowest BCUT2D eigenvalue weighted by atomic mass is 9.75. The molecule has 1 unspecified atom stereocenters. The average Bonchev–Trinajstić information content (AvgIpc) is 2.41. The zero-order chi connectivity index (χ0) is 12.8. The van der Waals surface area contributed by atoms with Crippen molar-refractivity contribution in [2.45, 2.75) is 63.9 Å². The van der Waals surface area contributed by atoms with E-state index in [0.717, 1.165) is 19.3 Å². The lowest BCUT2D eigenvalue weighted by Gasteiger charge is -2.35. The van der Waals surface area contributed by atoms with E-state index in [0.29, 0.717) is 5.92 Å². The maximum atomic E-state index is 10.6. The van der Waals surface area contributed by atoms with Gasteiger partial charge in [-0.2, -0.15) is 0 Å². The van der Waals surface area contributed by atoms with Gasteiger partial charge >= 0.3 is 0 Å². The Labute approximate surface area is 111 Å². The van der Waals surface area contributed by atoms with Gasteiger partial charge in [-0.3, -0.25) is 0 Å². The van der Waals surface area contributed by atoms with Gasteiger partial charge in [-0.25, -0.2) is 0 Å². The summed E-state index contributed by atoms with van der Waals surface area (Å²) < 4.78 is 0. The Kier molecular flexibility index (Phi) is 4.82. The highest BCUT2D eigenvalue weighted by atomic mass is 16.3. The van der Waals surface area contributed by atoms with Crippen molar-refractivity contribution in [1.29, 1.82) is 0 Å². The van der Waals surface area contributed by atoms with Crippen molar-refractivity contribution in [2.24, 2.45) is 5.92 Å². The van der Waals surface area contributed by atoms with E-state index in [1.165, 1.54) is 37.7 Å². The Balaban J connectivity index is 1.77. The van der Waals surface area contributed by atoms with Gasteiger partial charge in [-0.15, -0.1) is 0 Å².